The number of carbonyl (C=O) groups excluding carboxylic acids is 2. The van der Waals surface area contributed by atoms with Gasteiger partial charge in [-0.1, -0.05) is 29.8 Å². The number of ketones is 2. The Kier molecular flexibility index (Phi) is 3.53. The van der Waals surface area contributed by atoms with Gasteiger partial charge in [-0.2, -0.15) is 5.26 Å². The molecule has 0 aromatic heterocycles. The van der Waals surface area contributed by atoms with Crippen molar-refractivity contribution in [1.82, 2.24) is 0 Å². The van der Waals surface area contributed by atoms with Crippen LogP contribution >= 0.6 is 0 Å². The highest BCUT2D eigenvalue weighted by molar-refractivity contribution is 6.49. The van der Waals surface area contributed by atoms with E-state index >= 15 is 0 Å². The number of hydrogen-bond donors (Lipinski definition) is 0. The second kappa shape index (κ2) is 5.28. The van der Waals surface area contributed by atoms with Crippen LogP contribution in [-0.4, -0.2) is 11.6 Å². The molecule has 0 saturated carbocycles. The monoisotopic (exact) mass is 249 g/mol. The molecular weight excluding hydrogens is 238 g/mol. The molecule has 0 aliphatic rings. The number of hydrogen-bond acceptors (Lipinski definition) is 3. The van der Waals surface area contributed by atoms with Crippen molar-refractivity contribution in [2.24, 2.45) is 0 Å². The van der Waals surface area contributed by atoms with Crippen LogP contribution in [0, 0.1) is 18.3 Å². The lowest BCUT2D eigenvalue weighted by molar-refractivity contribution is 0.0817. The largest absolute Gasteiger partial charge is 0.285 e. The van der Waals surface area contributed by atoms with E-state index in [1.807, 2.05) is 13.0 Å². The molecule has 92 valence electrons. The second-order valence-electron chi connectivity index (χ2n) is 4.21. The molecule has 0 fully saturated rings. The maximum Gasteiger partial charge on any atom is 0.233 e. The zero-order valence-electron chi connectivity index (χ0n) is 10.4. The molecule has 19 heavy (non-hydrogen) atoms. The predicted octanol–water partition coefficient (Wildman–Crippen LogP) is 2.93. The number of rotatable bonds is 3. The summed E-state index contributed by atoms with van der Waals surface area (Å²) in [5.41, 5.74) is 2.16. The second-order valence-corrected chi connectivity index (χ2v) is 4.21. The smallest absolute Gasteiger partial charge is 0.233 e. The number of carbonyl (C=O) groups is 2. The standard InChI is InChI=1S/C16H11NO2/c1-11-2-6-13(7-3-11)15(18)16(19)14-8-4-12(10-17)5-9-14/h2-9H,1H3. The van der Waals surface area contributed by atoms with Gasteiger partial charge in [0.15, 0.2) is 0 Å². The lowest BCUT2D eigenvalue weighted by Gasteiger charge is -2.01. The highest BCUT2D eigenvalue weighted by atomic mass is 16.2. The molecular formula is C16H11NO2. The van der Waals surface area contributed by atoms with Gasteiger partial charge in [0.05, 0.1) is 11.6 Å². The predicted molar refractivity (Wildman–Crippen MR) is 71.0 cm³/mol. The van der Waals surface area contributed by atoms with Gasteiger partial charge in [-0.05, 0) is 31.2 Å². The van der Waals surface area contributed by atoms with Crippen LogP contribution in [-0.2, 0) is 0 Å². The lowest BCUT2D eigenvalue weighted by Crippen LogP contribution is -2.14. The van der Waals surface area contributed by atoms with Crippen LogP contribution in [0.15, 0.2) is 48.5 Å². The quantitative estimate of drug-likeness (QED) is 0.620. The molecule has 0 bridgehead atoms. The van der Waals surface area contributed by atoms with Crippen molar-refractivity contribution in [3.8, 4) is 6.07 Å². The van der Waals surface area contributed by atoms with Crippen LogP contribution in [0.5, 0.6) is 0 Å². The summed E-state index contributed by atoms with van der Waals surface area (Å²) in [6.45, 7) is 1.91. The summed E-state index contributed by atoms with van der Waals surface area (Å²) in [6.07, 6.45) is 0. The normalized spacial score (nSPS) is 9.68. The molecule has 0 amide bonds. The van der Waals surface area contributed by atoms with Crippen molar-refractivity contribution < 1.29 is 9.59 Å². The fraction of sp³-hybridized carbons (Fsp3) is 0.0625. The summed E-state index contributed by atoms with van der Waals surface area (Å²) in [4.78, 5) is 24.0. The first-order chi connectivity index (χ1) is 9.11. The minimum atomic E-state index is -0.562. The van der Waals surface area contributed by atoms with E-state index in [4.69, 9.17) is 5.26 Å². The Balaban J connectivity index is 2.26. The van der Waals surface area contributed by atoms with Gasteiger partial charge in [-0.3, -0.25) is 9.59 Å². The van der Waals surface area contributed by atoms with E-state index in [0.29, 0.717) is 16.7 Å². The van der Waals surface area contributed by atoms with Gasteiger partial charge in [0.25, 0.3) is 0 Å². The summed E-state index contributed by atoms with van der Waals surface area (Å²) in [6, 6.07) is 14.9. The molecule has 0 saturated heterocycles. The van der Waals surface area contributed by atoms with Crippen molar-refractivity contribution in [2.75, 3.05) is 0 Å². The maximum atomic E-state index is 12.0. The van der Waals surface area contributed by atoms with Gasteiger partial charge in [-0.25, -0.2) is 0 Å². The third kappa shape index (κ3) is 2.75. The van der Waals surface area contributed by atoms with E-state index in [1.54, 1.807) is 24.3 Å². The molecule has 2 aromatic carbocycles. The number of nitriles is 1. The topological polar surface area (TPSA) is 57.9 Å². The van der Waals surface area contributed by atoms with Crippen molar-refractivity contribution in [1.29, 1.82) is 5.26 Å². The Morgan fingerprint density at radius 1 is 0.842 bits per heavy atom. The maximum absolute atomic E-state index is 12.0. The van der Waals surface area contributed by atoms with Gasteiger partial charge in [-0.15, -0.1) is 0 Å². The first-order valence-corrected chi connectivity index (χ1v) is 5.77. The van der Waals surface area contributed by atoms with E-state index in [-0.39, 0.29) is 0 Å². The first kappa shape index (κ1) is 12.7. The van der Waals surface area contributed by atoms with Crippen LogP contribution in [0.3, 0.4) is 0 Å². The van der Waals surface area contributed by atoms with Gasteiger partial charge in [0.2, 0.25) is 11.6 Å². The molecule has 3 heteroatoms. The van der Waals surface area contributed by atoms with Crippen molar-refractivity contribution in [2.45, 2.75) is 6.92 Å². The summed E-state index contributed by atoms with van der Waals surface area (Å²) >= 11 is 0. The Hall–Kier alpha value is -2.73. The summed E-state index contributed by atoms with van der Waals surface area (Å²) in [5.74, 6) is -1.10. The summed E-state index contributed by atoms with van der Waals surface area (Å²) in [7, 11) is 0. The minimum absolute atomic E-state index is 0.296. The third-order valence-electron chi connectivity index (χ3n) is 2.80. The molecule has 0 heterocycles. The minimum Gasteiger partial charge on any atom is -0.285 e. The first-order valence-electron chi connectivity index (χ1n) is 5.77. The molecule has 0 aliphatic carbocycles. The summed E-state index contributed by atoms with van der Waals surface area (Å²) < 4.78 is 0. The molecule has 0 atom stereocenters. The van der Waals surface area contributed by atoms with E-state index in [2.05, 4.69) is 0 Å². The Labute approximate surface area is 111 Å². The van der Waals surface area contributed by atoms with E-state index in [0.717, 1.165) is 5.56 Å². The van der Waals surface area contributed by atoms with E-state index < -0.39 is 11.6 Å². The van der Waals surface area contributed by atoms with Crippen molar-refractivity contribution in [3.05, 3.63) is 70.8 Å². The number of benzene rings is 2. The van der Waals surface area contributed by atoms with Crippen molar-refractivity contribution in [3.63, 3.8) is 0 Å². The summed E-state index contributed by atoms with van der Waals surface area (Å²) in [5, 5.41) is 8.68. The van der Waals surface area contributed by atoms with Gasteiger partial charge >= 0.3 is 0 Å². The molecule has 0 aliphatic heterocycles. The lowest BCUT2D eigenvalue weighted by atomic mass is 10.00. The van der Waals surface area contributed by atoms with Crippen LogP contribution < -0.4 is 0 Å². The highest BCUT2D eigenvalue weighted by Gasteiger charge is 2.17. The molecule has 2 rings (SSSR count). The fourth-order valence-electron chi connectivity index (χ4n) is 1.66. The third-order valence-corrected chi connectivity index (χ3v) is 2.80. The molecule has 0 N–H and O–H groups in total. The van der Waals surface area contributed by atoms with Crippen LogP contribution in [0.25, 0.3) is 0 Å². The number of Topliss-reactive ketones (excluding diaryl/α,β-unsaturated/α-hetero) is 2. The Morgan fingerprint density at radius 2 is 1.26 bits per heavy atom. The highest BCUT2D eigenvalue weighted by Crippen LogP contribution is 2.10. The molecule has 2 aromatic rings. The molecule has 3 nitrogen and oxygen atoms in total. The van der Waals surface area contributed by atoms with Gasteiger partial charge in [0, 0.05) is 11.1 Å². The fourth-order valence-corrected chi connectivity index (χ4v) is 1.66. The molecule has 0 unspecified atom stereocenters. The molecule has 0 spiro atoms. The average molecular weight is 249 g/mol. The van der Waals surface area contributed by atoms with Gasteiger partial charge in [0.1, 0.15) is 0 Å². The van der Waals surface area contributed by atoms with Crippen molar-refractivity contribution >= 4 is 11.6 Å². The van der Waals surface area contributed by atoms with E-state index in [1.165, 1.54) is 24.3 Å². The Morgan fingerprint density at radius 3 is 1.68 bits per heavy atom. The van der Waals surface area contributed by atoms with Crippen LogP contribution in [0.1, 0.15) is 31.8 Å². The Bertz CT molecular complexity index is 661. The van der Waals surface area contributed by atoms with E-state index in [9.17, 15) is 9.59 Å². The number of nitrogens with zero attached hydrogens (tertiary/aromatic N) is 1. The van der Waals surface area contributed by atoms with Crippen LogP contribution in [0.2, 0.25) is 0 Å². The molecule has 0 radical (unpaired) electrons. The van der Waals surface area contributed by atoms with Crippen LogP contribution in [0.4, 0.5) is 0 Å². The average Bonchev–Trinajstić information content (AvgIpc) is 2.46. The zero-order valence-corrected chi connectivity index (χ0v) is 10.4. The zero-order chi connectivity index (χ0) is 13.8. The van der Waals surface area contributed by atoms with Gasteiger partial charge < -0.3 is 0 Å². The SMILES string of the molecule is Cc1ccc(C(=O)C(=O)c2ccc(C#N)cc2)cc1. The number of aryl methyl sites for hydroxylation is 1.